The third kappa shape index (κ3) is 5.59. The number of anilines is 1. The van der Waals surface area contributed by atoms with E-state index in [9.17, 15) is 4.79 Å². The Kier molecular flexibility index (Phi) is 6.04. The SMILES string of the molecule is O=C(NCCc1ncc(Cc2ccccc2)s1)Nc1ccc(Cl)cc1. The minimum absolute atomic E-state index is 0.233. The van der Waals surface area contributed by atoms with Gasteiger partial charge in [0.1, 0.15) is 0 Å². The van der Waals surface area contributed by atoms with Gasteiger partial charge in [-0.05, 0) is 29.8 Å². The highest BCUT2D eigenvalue weighted by molar-refractivity contribution is 7.11. The molecule has 2 amide bonds. The van der Waals surface area contributed by atoms with Gasteiger partial charge in [-0.2, -0.15) is 0 Å². The summed E-state index contributed by atoms with van der Waals surface area (Å²) >= 11 is 7.51. The second-order valence-corrected chi connectivity index (χ2v) is 7.16. The summed E-state index contributed by atoms with van der Waals surface area (Å²) in [5.41, 5.74) is 1.99. The smallest absolute Gasteiger partial charge is 0.319 e. The molecular weight excluding hydrogens is 354 g/mol. The molecule has 3 aromatic rings. The van der Waals surface area contributed by atoms with Crippen LogP contribution in [0.5, 0.6) is 0 Å². The lowest BCUT2D eigenvalue weighted by Gasteiger charge is -2.06. The van der Waals surface area contributed by atoms with Gasteiger partial charge in [0.15, 0.2) is 0 Å². The minimum atomic E-state index is -0.233. The van der Waals surface area contributed by atoms with E-state index in [0.717, 1.165) is 11.4 Å². The summed E-state index contributed by atoms with van der Waals surface area (Å²) in [5.74, 6) is 0. The van der Waals surface area contributed by atoms with Crippen molar-refractivity contribution in [2.75, 3.05) is 11.9 Å². The number of hydrogen-bond donors (Lipinski definition) is 2. The molecule has 0 bridgehead atoms. The molecule has 0 radical (unpaired) electrons. The van der Waals surface area contributed by atoms with Gasteiger partial charge in [-0.25, -0.2) is 9.78 Å². The Balaban J connectivity index is 1.43. The number of amides is 2. The zero-order valence-electron chi connectivity index (χ0n) is 13.5. The molecule has 128 valence electrons. The van der Waals surface area contributed by atoms with Gasteiger partial charge in [-0.1, -0.05) is 41.9 Å². The second kappa shape index (κ2) is 8.65. The molecule has 4 nitrogen and oxygen atoms in total. The average molecular weight is 372 g/mol. The molecule has 3 rings (SSSR count). The van der Waals surface area contributed by atoms with Crippen molar-refractivity contribution in [3.63, 3.8) is 0 Å². The van der Waals surface area contributed by atoms with E-state index in [1.54, 1.807) is 35.6 Å². The number of nitrogens with one attached hydrogen (secondary N) is 2. The highest BCUT2D eigenvalue weighted by Gasteiger charge is 2.05. The monoisotopic (exact) mass is 371 g/mol. The van der Waals surface area contributed by atoms with Crippen molar-refractivity contribution in [3.8, 4) is 0 Å². The fourth-order valence-electron chi connectivity index (χ4n) is 2.33. The zero-order chi connectivity index (χ0) is 17.5. The van der Waals surface area contributed by atoms with Crippen molar-refractivity contribution < 1.29 is 4.79 Å². The third-order valence-electron chi connectivity index (χ3n) is 3.55. The van der Waals surface area contributed by atoms with E-state index in [2.05, 4.69) is 27.8 Å². The van der Waals surface area contributed by atoms with Crippen molar-refractivity contribution in [3.05, 3.63) is 81.3 Å². The van der Waals surface area contributed by atoms with Crippen LogP contribution in [0.2, 0.25) is 5.02 Å². The van der Waals surface area contributed by atoms with Crippen molar-refractivity contribution in [1.82, 2.24) is 10.3 Å². The number of nitrogens with zero attached hydrogens (tertiary/aromatic N) is 1. The first-order chi connectivity index (χ1) is 12.2. The molecule has 0 saturated carbocycles. The van der Waals surface area contributed by atoms with Crippen LogP contribution in [0.25, 0.3) is 0 Å². The van der Waals surface area contributed by atoms with Crippen LogP contribution in [0.15, 0.2) is 60.8 Å². The number of benzene rings is 2. The number of halogens is 1. The van der Waals surface area contributed by atoms with Gasteiger partial charge in [0.2, 0.25) is 0 Å². The summed E-state index contributed by atoms with van der Waals surface area (Å²) in [6.45, 7) is 0.539. The molecule has 2 N–H and O–H groups in total. The maximum atomic E-state index is 11.9. The molecule has 0 aliphatic heterocycles. The largest absolute Gasteiger partial charge is 0.337 e. The first kappa shape index (κ1) is 17.5. The number of aromatic nitrogens is 1. The summed E-state index contributed by atoms with van der Waals surface area (Å²) in [5, 5.41) is 7.27. The number of carbonyl (C=O) groups excluding carboxylic acids is 1. The lowest BCUT2D eigenvalue weighted by molar-refractivity contribution is 0.252. The maximum absolute atomic E-state index is 11.9. The van der Waals surface area contributed by atoms with Crippen LogP contribution in [0.1, 0.15) is 15.4 Å². The Bertz CT molecular complexity index is 818. The highest BCUT2D eigenvalue weighted by atomic mass is 35.5. The number of thiazole rings is 1. The molecule has 1 aromatic heterocycles. The predicted molar refractivity (Wildman–Crippen MR) is 104 cm³/mol. The van der Waals surface area contributed by atoms with E-state index in [1.807, 2.05) is 24.4 Å². The zero-order valence-corrected chi connectivity index (χ0v) is 15.1. The normalized spacial score (nSPS) is 10.4. The molecule has 0 fully saturated rings. The molecule has 25 heavy (non-hydrogen) atoms. The molecule has 0 aliphatic carbocycles. The molecular formula is C19H18ClN3OS. The van der Waals surface area contributed by atoms with E-state index in [4.69, 9.17) is 11.6 Å². The topological polar surface area (TPSA) is 54.0 Å². The van der Waals surface area contributed by atoms with Gasteiger partial charge in [-0.3, -0.25) is 0 Å². The fourth-order valence-corrected chi connectivity index (χ4v) is 3.42. The summed E-state index contributed by atoms with van der Waals surface area (Å²) in [4.78, 5) is 17.5. The number of carbonyl (C=O) groups is 1. The summed E-state index contributed by atoms with van der Waals surface area (Å²) in [6, 6.07) is 17.1. The Morgan fingerprint density at radius 1 is 1.08 bits per heavy atom. The van der Waals surface area contributed by atoms with Gasteiger partial charge in [-0.15, -0.1) is 11.3 Å². The summed E-state index contributed by atoms with van der Waals surface area (Å²) < 4.78 is 0. The third-order valence-corrected chi connectivity index (χ3v) is 4.86. The standard InChI is InChI=1S/C19H18ClN3OS/c20-15-6-8-16(9-7-15)23-19(24)21-11-10-18-22-13-17(25-18)12-14-4-2-1-3-5-14/h1-9,13H,10-12H2,(H2,21,23,24). The van der Waals surface area contributed by atoms with E-state index in [-0.39, 0.29) is 6.03 Å². The fraction of sp³-hybridized carbons (Fsp3) is 0.158. The van der Waals surface area contributed by atoms with Crippen LogP contribution >= 0.6 is 22.9 Å². The Morgan fingerprint density at radius 3 is 2.60 bits per heavy atom. The van der Waals surface area contributed by atoms with Crippen molar-refractivity contribution in [2.45, 2.75) is 12.8 Å². The van der Waals surface area contributed by atoms with Crippen molar-refractivity contribution in [2.24, 2.45) is 0 Å². The highest BCUT2D eigenvalue weighted by Crippen LogP contribution is 2.17. The number of urea groups is 1. The van der Waals surface area contributed by atoms with Gasteiger partial charge in [0, 0.05) is 41.2 Å². The van der Waals surface area contributed by atoms with E-state index >= 15 is 0 Å². The van der Waals surface area contributed by atoms with Crippen LogP contribution in [0.3, 0.4) is 0 Å². The molecule has 0 unspecified atom stereocenters. The quantitative estimate of drug-likeness (QED) is 0.656. The van der Waals surface area contributed by atoms with E-state index in [1.165, 1.54) is 10.4 Å². The second-order valence-electron chi connectivity index (χ2n) is 5.52. The van der Waals surface area contributed by atoms with Crippen molar-refractivity contribution in [1.29, 1.82) is 0 Å². The maximum Gasteiger partial charge on any atom is 0.319 e. The molecule has 2 aromatic carbocycles. The van der Waals surface area contributed by atoms with Crippen LogP contribution in [-0.4, -0.2) is 17.6 Å². The number of hydrogen-bond acceptors (Lipinski definition) is 3. The molecule has 6 heteroatoms. The number of rotatable bonds is 6. The minimum Gasteiger partial charge on any atom is -0.337 e. The first-order valence-corrected chi connectivity index (χ1v) is 9.16. The van der Waals surface area contributed by atoms with Crippen LogP contribution in [0.4, 0.5) is 10.5 Å². The van der Waals surface area contributed by atoms with Gasteiger partial charge < -0.3 is 10.6 Å². The lowest BCUT2D eigenvalue weighted by atomic mass is 10.1. The molecule has 0 atom stereocenters. The Labute approximate surface area is 155 Å². The van der Waals surface area contributed by atoms with Gasteiger partial charge in [0.25, 0.3) is 0 Å². The molecule has 1 heterocycles. The summed E-state index contributed by atoms with van der Waals surface area (Å²) in [6.07, 6.45) is 3.53. The molecule has 0 spiro atoms. The Morgan fingerprint density at radius 2 is 1.84 bits per heavy atom. The van der Waals surface area contributed by atoms with Crippen LogP contribution < -0.4 is 10.6 Å². The first-order valence-electron chi connectivity index (χ1n) is 7.97. The summed E-state index contributed by atoms with van der Waals surface area (Å²) in [7, 11) is 0. The van der Waals surface area contributed by atoms with Gasteiger partial charge >= 0.3 is 6.03 Å². The van der Waals surface area contributed by atoms with E-state index < -0.39 is 0 Å². The van der Waals surface area contributed by atoms with Crippen LogP contribution in [0, 0.1) is 0 Å². The van der Waals surface area contributed by atoms with Gasteiger partial charge in [0.05, 0.1) is 5.01 Å². The van der Waals surface area contributed by atoms with E-state index in [0.29, 0.717) is 23.7 Å². The van der Waals surface area contributed by atoms with Crippen molar-refractivity contribution >= 4 is 34.7 Å². The lowest BCUT2D eigenvalue weighted by Crippen LogP contribution is -2.30. The molecule has 0 saturated heterocycles. The predicted octanol–water partition coefficient (Wildman–Crippen LogP) is 4.75. The van der Waals surface area contributed by atoms with Crippen LogP contribution in [-0.2, 0) is 12.8 Å². The molecule has 0 aliphatic rings. The average Bonchev–Trinajstić information content (AvgIpc) is 3.05. The Hall–Kier alpha value is -2.37.